The fourth-order valence-electron chi connectivity index (χ4n) is 3.21. The van der Waals surface area contributed by atoms with E-state index in [4.69, 9.17) is 11.6 Å². The molecule has 0 unspecified atom stereocenters. The van der Waals surface area contributed by atoms with Gasteiger partial charge >= 0.3 is 0 Å². The molecule has 1 amide bonds. The van der Waals surface area contributed by atoms with E-state index in [2.05, 4.69) is 20.2 Å². The van der Waals surface area contributed by atoms with Crippen molar-refractivity contribution >= 4 is 44.0 Å². The first-order valence-corrected chi connectivity index (χ1v) is 12.5. The first-order chi connectivity index (χ1) is 15.8. The number of nitrogens with zero attached hydrogens (tertiary/aromatic N) is 2. The molecule has 33 heavy (non-hydrogen) atoms. The molecule has 168 valence electrons. The van der Waals surface area contributed by atoms with Crippen molar-refractivity contribution in [2.24, 2.45) is 0 Å². The summed E-state index contributed by atoms with van der Waals surface area (Å²) >= 11 is 6.62. The van der Waals surface area contributed by atoms with E-state index in [1.165, 1.54) is 0 Å². The van der Waals surface area contributed by atoms with Gasteiger partial charge in [0, 0.05) is 10.6 Å². The van der Waals surface area contributed by atoms with E-state index >= 15 is 0 Å². The van der Waals surface area contributed by atoms with Crippen molar-refractivity contribution in [1.82, 2.24) is 14.9 Å². The lowest BCUT2D eigenvalue weighted by Gasteiger charge is -2.20. The van der Waals surface area contributed by atoms with E-state index in [0.29, 0.717) is 10.6 Å². The highest BCUT2D eigenvalue weighted by Gasteiger charge is 2.27. The fraction of sp³-hybridized carbons (Fsp3) is 0.0870. The Bertz CT molecular complexity index is 1370. The number of carbonyl (C=O) groups is 1. The Balaban J connectivity index is 1.58. The van der Waals surface area contributed by atoms with Gasteiger partial charge in [-0.15, -0.1) is 10.2 Å². The molecule has 0 saturated carbocycles. The highest BCUT2D eigenvalue weighted by atomic mass is 35.5. The van der Waals surface area contributed by atoms with Crippen LogP contribution in [0.5, 0.6) is 0 Å². The number of hydrogen-bond donors (Lipinski definition) is 2. The van der Waals surface area contributed by atoms with Crippen LogP contribution in [0.15, 0.2) is 83.2 Å². The smallest absolute Gasteiger partial charge is 0.270 e. The minimum Gasteiger partial charge on any atom is -0.296 e. The van der Waals surface area contributed by atoms with Gasteiger partial charge < -0.3 is 0 Å². The molecule has 2 N–H and O–H groups in total. The van der Waals surface area contributed by atoms with Crippen LogP contribution in [-0.2, 0) is 10.0 Å². The number of nitrogens with one attached hydrogen (secondary N) is 2. The number of rotatable bonds is 7. The van der Waals surface area contributed by atoms with Crippen LogP contribution in [0, 0.1) is 6.92 Å². The SMILES string of the molecule is Cc1ccccc1[C@H](NS(=O)(=O)c1nnc(NC(=O)c2ccc(Cl)cc2)s1)c1ccccc1. The molecule has 4 aromatic rings. The molecule has 1 aromatic heterocycles. The summed E-state index contributed by atoms with van der Waals surface area (Å²) in [7, 11) is -4.03. The number of benzene rings is 3. The summed E-state index contributed by atoms with van der Waals surface area (Å²) in [5.41, 5.74) is 2.92. The Hall–Kier alpha value is -3.11. The number of aryl methyl sites for hydroxylation is 1. The molecule has 4 rings (SSSR count). The first-order valence-electron chi connectivity index (χ1n) is 9.87. The maximum Gasteiger partial charge on any atom is 0.270 e. The van der Waals surface area contributed by atoms with E-state index in [1.54, 1.807) is 24.3 Å². The predicted molar refractivity (Wildman–Crippen MR) is 129 cm³/mol. The zero-order valence-corrected chi connectivity index (χ0v) is 19.8. The van der Waals surface area contributed by atoms with E-state index in [1.807, 2.05) is 61.5 Å². The number of carbonyl (C=O) groups excluding carboxylic acids is 1. The van der Waals surface area contributed by atoms with Crippen LogP contribution < -0.4 is 10.0 Å². The molecule has 1 atom stereocenters. The summed E-state index contributed by atoms with van der Waals surface area (Å²) < 4.78 is 28.8. The van der Waals surface area contributed by atoms with Gasteiger partial charge in [-0.05, 0) is 47.9 Å². The third-order valence-electron chi connectivity index (χ3n) is 4.87. The van der Waals surface area contributed by atoms with Gasteiger partial charge in [0.1, 0.15) is 0 Å². The lowest BCUT2D eigenvalue weighted by Crippen LogP contribution is -2.30. The Morgan fingerprint density at radius 2 is 1.61 bits per heavy atom. The third kappa shape index (κ3) is 5.45. The average Bonchev–Trinajstić information content (AvgIpc) is 3.29. The Morgan fingerprint density at radius 3 is 2.30 bits per heavy atom. The topological polar surface area (TPSA) is 101 Å². The average molecular weight is 499 g/mol. The van der Waals surface area contributed by atoms with Crippen LogP contribution in [0.1, 0.15) is 33.1 Å². The summed E-state index contributed by atoms with van der Waals surface area (Å²) in [4.78, 5) is 12.4. The Kier molecular flexibility index (Phi) is 6.85. The molecule has 0 aliphatic heterocycles. The maximum absolute atomic E-state index is 13.2. The number of sulfonamides is 1. The summed E-state index contributed by atoms with van der Waals surface area (Å²) in [6.45, 7) is 1.93. The molecule has 0 aliphatic rings. The number of halogens is 1. The van der Waals surface area contributed by atoms with Crippen molar-refractivity contribution in [1.29, 1.82) is 0 Å². The zero-order valence-electron chi connectivity index (χ0n) is 17.4. The van der Waals surface area contributed by atoms with Gasteiger partial charge in [-0.3, -0.25) is 10.1 Å². The summed E-state index contributed by atoms with van der Waals surface area (Å²) in [5, 5.41) is 10.8. The Morgan fingerprint density at radius 1 is 0.939 bits per heavy atom. The lowest BCUT2D eigenvalue weighted by molar-refractivity contribution is 0.102. The lowest BCUT2D eigenvalue weighted by atomic mass is 9.96. The number of amides is 1. The second-order valence-corrected chi connectivity index (χ2v) is 10.5. The molecule has 0 aliphatic carbocycles. The quantitative estimate of drug-likeness (QED) is 0.356. The van der Waals surface area contributed by atoms with Crippen LogP contribution in [0.4, 0.5) is 5.13 Å². The predicted octanol–water partition coefficient (Wildman–Crippen LogP) is 4.82. The second-order valence-electron chi connectivity index (χ2n) is 7.16. The summed E-state index contributed by atoms with van der Waals surface area (Å²) in [6, 6.07) is 22.5. The van der Waals surface area contributed by atoms with E-state index in [-0.39, 0.29) is 9.47 Å². The minimum atomic E-state index is -4.03. The van der Waals surface area contributed by atoms with Crippen LogP contribution in [0.3, 0.4) is 0 Å². The monoisotopic (exact) mass is 498 g/mol. The van der Waals surface area contributed by atoms with Crippen molar-refractivity contribution in [2.45, 2.75) is 17.3 Å². The standard InChI is InChI=1S/C23H19ClN4O3S2/c1-15-7-5-6-10-19(15)20(16-8-3-2-4-9-16)28-33(30,31)23-27-26-22(32-23)25-21(29)17-11-13-18(24)14-12-17/h2-14,20,28H,1H3,(H,25,26,29)/t20-/m1/s1. The molecular weight excluding hydrogens is 480 g/mol. The highest BCUT2D eigenvalue weighted by molar-refractivity contribution is 7.91. The highest BCUT2D eigenvalue weighted by Crippen LogP contribution is 2.28. The second kappa shape index (κ2) is 9.80. The van der Waals surface area contributed by atoms with Gasteiger partial charge in [-0.2, -0.15) is 4.72 Å². The van der Waals surface area contributed by atoms with Crippen LogP contribution in [-0.4, -0.2) is 24.5 Å². The van der Waals surface area contributed by atoms with Crippen LogP contribution >= 0.6 is 22.9 Å². The van der Waals surface area contributed by atoms with E-state index in [9.17, 15) is 13.2 Å². The van der Waals surface area contributed by atoms with Crippen LogP contribution in [0.2, 0.25) is 5.02 Å². The van der Waals surface area contributed by atoms with E-state index in [0.717, 1.165) is 28.0 Å². The van der Waals surface area contributed by atoms with Gasteiger partial charge in [0.2, 0.25) is 9.47 Å². The fourth-order valence-corrected chi connectivity index (χ4v) is 5.45. The van der Waals surface area contributed by atoms with Crippen molar-refractivity contribution in [3.05, 3.63) is 106 Å². The van der Waals surface area contributed by atoms with Gasteiger partial charge in [-0.1, -0.05) is 77.5 Å². The normalized spacial score (nSPS) is 12.3. The molecule has 1 heterocycles. The number of anilines is 1. The van der Waals surface area contributed by atoms with Gasteiger partial charge in [-0.25, -0.2) is 8.42 Å². The maximum atomic E-state index is 13.2. The molecule has 0 bridgehead atoms. The van der Waals surface area contributed by atoms with Gasteiger partial charge in [0.15, 0.2) is 0 Å². The molecule has 10 heteroatoms. The molecular formula is C23H19ClN4O3S2. The summed E-state index contributed by atoms with van der Waals surface area (Å²) in [6.07, 6.45) is 0. The van der Waals surface area contributed by atoms with Gasteiger partial charge in [0.25, 0.3) is 15.9 Å². The molecule has 0 saturated heterocycles. The van der Waals surface area contributed by atoms with Crippen LogP contribution in [0.25, 0.3) is 0 Å². The minimum absolute atomic E-state index is 0.0717. The van der Waals surface area contributed by atoms with Gasteiger partial charge in [0.05, 0.1) is 6.04 Å². The molecule has 0 radical (unpaired) electrons. The molecule has 0 spiro atoms. The van der Waals surface area contributed by atoms with Crippen molar-refractivity contribution in [3.8, 4) is 0 Å². The first kappa shape index (κ1) is 23.1. The summed E-state index contributed by atoms with van der Waals surface area (Å²) in [5.74, 6) is -0.443. The number of hydrogen-bond acceptors (Lipinski definition) is 6. The molecule has 3 aromatic carbocycles. The largest absolute Gasteiger partial charge is 0.296 e. The van der Waals surface area contributed by atoms with Crippen molar-refractivity contribution < 1.29 is 13.2 Å². The Labute approximate surface area is 200 Å². The zero-order chi connectivity index (χ0) is 23.4. The molecule has 0 fully saturated rings. The number of aromatic nitrogens is 2. The molecule has 7 nitrogen and oxygen atoms in total. The van der Waals surface area contributed by atoms with E-state index < -0.39 is 22.0 Å². The van der Waals surface area contributed by atoms with Crippen molar-refractivity contribution in [3.63, 3.8) is 0 Å². The third-order valence-corrected chi connectivity index (χ3v) is 7.75. The van der Waals surface area contributed by atoms with Crippen molar-refractivity contribution in [2.75, 3.05) is 5.32 Å².